The van der Waals surface area contributed by atoms with Crippen LogP contribution in [0, 0.1) is 6.92 Å². The van der Waals surface area contributed by atoms with E-state index in [9.17, 15) is 21.6 Å². The topological polar surface area (TPSA) is 75.2 Å². The van der Waals surface area contributed by atoms with Crippen molar-refractivity contribution in [3.63, 3.8) is 0 Å². The van der Waals surface area contributed by atoms with Crippen LogP contribution in [0.15, 0.2) is 35.2 Å². The van der Waals surface area contributed by atoms with Gasteiger partial charge in [-0.05, 0) is 31.2 Å². The molecule has 1 N–H and O–H groups in total. The van der Waals surface area contributed by atoms with E-state index >= 15 is 0 Å². The van der Waals surface area contributed by atoms with E-state index in [0.29, 0.717) is 23.4 Å². The van der Waals surface area contributed by atoms with Gasteiger partial charge in [-0.2, -0.15) is 13.2 Å². The Labute approximate surface area is 143 Å². The zero-order valence-corrected chi connectivity index (χ0v) is 14.6. The highest BCUT2D eigenvalue weighted by molar-refractivity contribution is 7.89. The number of benzene rings is 1. The van der Waals surface area contributed by atoms with Crippen LogP contribution in [0.25, 0.3) is 0 Å². The molecular weight excluding hydrogens is 357 g/mol. The lowest BCUT2D eigenvalue weighted by atomic mass is 10.2. The molecule has 1 aromatic carbocycles. The molecule has 6 nitrogen and oxygen atoms in total. The van der Waals surface area contributed by atoms with Gasteiger partial charge in [0.2, 0.25) is 16.0 Å². The van der Waals surface area contributed by atoms with Crippen molar-refractivity contribution >= 4 is 16.0 Å². The maximum atomic E-state index is 12.7. The molecule has 0 aliphatic rings. The summed E-state index contributed by atoms with van der Waals surface area (Å²) in [6.07, 6.45) is -4.62. The van der Waals surface area contributed by atoms with Crippen LogP contribution in [0.2, 0.25) is 0 Å². The minimum Gasteiger partial charge on any atom is -0.347 e. The van der Waals surface area contributed by atoms with E-state index in [1.54, 1.807) is 32.0 Å². The number of anilines is 1. The van der Waals surface area contributed by atoms with Crippen LogP contribution in [-0.2, 0) is 22.7 Å². The highest BCUT2D eigenvalue weighted by Crippen LogP contribution is 2.30. The summed E-state index contributed by atoms with van der Waals surface area (Å²) in [5.74, 6) is 0.410. The van der Waals surface area contributed by atoms with E-state index < -0.39 is 26.7 Å². The molecule has 0 saturated heterocycles. The lowest BCUT2D eigenvalue weighted by molar-refractivity contribution is -0.137. The van der Waals surface area contributed by atoms with Gasteiger partial charge in [0, 0.05) is 19.8 Å². The summed E-state index contributed by atoms with van der Waals surface area (Å²) in [6, 6.07) is 5.17. The van der Waals surface area contributed by atoms with Gasteiger partial charge in [-0.3, -0.25) is 0 Å². The number of aromatic nitrogens is 2. The summed E-state index contributed by atoms with van der Waals surface area (Å²) in [7, 11) is -0.628. The SMILES string of the molecule is Cc1cc(CNS(=O)(=O)c2cccc(C(F)(F)F)c2)nc(N(C)C)n1. The van der Waals surface area contributed by atoms with Crippen molar-refractivity contribution in [3.8, 4) is 0 Å². The summed E-state index contributed by atoms with van der Waals surface area (Å²) in [5, 5.41) is 0. The summed E-state index contributed by atoms with van der Waals surface area (Å²) in [6.45, 7) is 1.57. The third kappa shape index (κ3) is 4.89. The van der Waals surface area contributed by atoms with E-state index in [1.807, 2.05) is 0 Å². The molecule has 0 atom stereocenters. The Balaban J connectivity index is 2.23. The van der Waals surface area contributed by atoms with Crippen molar-refractivity contribution in [1.29, 1.82) is 0 Å². The molecule has 136 valence electrons. The minimum absolute atomic E-state index is 0.164. The average Bonchev–Trinajstić information content (AvgIpc) is 2.52. The van der Waals surface area contributed by atoms with Gasteiger partial charge in [0.1, 0.15) is 0 Å². The van der Waals surface area contributed by atoms with Crippen LogP contribution in [-0.4, -0.2) is 32.5 Å². The van der Waals surface area contributed by atoms with Gasteiger partial charge in [-0.1, -0.05) is 6.07 Å². The fourth-order valence-electron chi connectivity index (χ4n) is 2.00. The van der Waals surface area contributed by atoms with Crippen LogP contribution < -0.4 is 9.62 Å². The zero-order chi connectivity index (χ0) is 18.8. The van der Waals surface area contributed by atoms with Crippen LogP contribution in [0.5, 0.6) is 0 Å². The lowest BCUT2D eigenvalue weighted by Gasteiger charge is -2.13. The second kappa shape index (κ2) is 6.96. The van der Waals surface area contributed by atoms with Crippen LogP contribution in [0.3, 0.4) is 0 Å². The Kier molecular flexibility index (Phi) is 5.33. The highest BCUT2D eigenvalue weighted by Gasteiger charge is 2.31. The Hall–Kier alpha value is -2.20. The largest absolute Gasteiger partial charge is 0.416 e. The molecule has 0 bridgehead atoms. The quantitative estimate of drug-likeness (QED) is 0.870. The molecule has 0 amide bonds. The molecule has 2 aromatic rings. The normalized spacial score (nSPS) is 12.2. The smallest absolute Gasteiger partial charge is 0.347 e. The third-order valence-electron chi connectivity index (χ3n) is 3.21. The lowest BCUT2D eigenvalue weighted by Crippen LogP contribution is -2.25. The summed E-state index contributed by atoms with van der Waals surface area (Å²) in [5.41, 5.74) is 0.0295. The number of sulfonamides is 1. The maximum Gasteiger partial charge on any atom is 0.416 e. The fourth-order valence-corrected chi connectivity index (χ4v) is 3.04. The summed E-state index contributed by atoms with van der Waals surface area (Å²) < 4.78 is 65.0. The number of hydrogen-bond acceptors (Lipinski definition) is 5. The number of nitrogens with one attached hydrogen (secondary N) is 1. The van der Waals surface area contributed by atoms with Crippen molar-refractivity contribution < 1.29 is 21.6 Å². The van der Waals surface area contributed by atoms with Gasteiger partial charge in [0.05, 0.1) is 22.7 Å². The molecule has 0 fully saturated rings. The van der Waals surface area contributed by atoms with Crippen molar-refractivity contribution in [2.75, 3.05) is 19.0 Å². The third-order valence-corrected chi connectivity index (χ3v) is 4.61. The van der Waals surface area contributed by atoms with Gasteiger partial charge < -0.3 is 4.90 Å². The zero-order valence-electron chi connectivity index (χ0n) is 13.8. The Morgan fingerprint density at radius 1 is 1.16 bits per heavy atom. The molecule has 0 aliphatic carbocycles. The summed E-state index contributed by atoms with van der Waals surface area (Å²) >= 11 is 0. The molecule has 2 rings (SSSR count). The number of nitrogens with zero attached hydrogens (tertiary/aromatic N) is 3. The molecule has 0 radical (unpaired) electrons. The first-order chi connectivity index (χ1) is 11.5. The minimum atomic E-state index is -4.62. The van der Waals surface area contributed by atoms with Crippen molar-refractivity contribution in [1.82, 2.24) is 14.7 Å². The van der Waals surface area contributed by atoms with E-state index in [1.165, 1.54) is 0 Å². The van der Waals surface area contributed by atoms with Gasteiger partial charge in [0.15, 0.2) is 0 Å². The monoisotopic (exact) mass is 374 g/mol. The molecule has 0 unspecified atom stereocenters. The number of halogens is 3. The Bertz CT molecular complexity index is 867. The first kappa shape index (κ1) is 19.1. The van der Waals surface area contributed by atoms with E-state index in [2.05, 4.69) is 14.7 Å². The Morgan fingerprint density at radius 3 is 2.44 bits per heavy atom. The van der Waals surface area contributed by atoms with Crippen LogP contribution >= 0.6 is 0 Å². The number of rotatable bonds is 5. The van der Waals surface area contributed by atoms with Gasteiger partial charge in [-0.25, -0.2) is 23.1 Å². The second-order valence-corrected chi connectivity index (χ2v) is 7.31. The van der Waals surface area contributed by atoms with E-state index in [-0.39, 0.29) is 6.54 Å². The van der Waals surface area contributed by atoms with Gasteiger partial charge in [0.25, 0.3) is 0 Å². The number of hydrogen-bond donors (Lipinski definition) is 1. The molecular formula is C15H17F3N4O2S. The van der Waals surface area contributed by atoms with Crippen LogP contribution in [0.4, 0.5) is 19.1 Å². The predicted molar refractivity (Wildman–Crippen MR) is 86.6 cm³/mol. The first-order valence-corrected chi connectivity index (χ1v) is 8.66. The number of aryl methyl sites for hydroxylation is 1. The Morgan fingerprint density at radius 2 is 1.84 bits per heavy atom. The highest BCUT2D eigenvalue weighted by atomic mass is 32.2. The molecule has 25 heavy (non-hydrogen) atoms. The van der Waals surface area contributed by atoms with Gasteiger partial charge >= 0.3 is 6.18 Å². The van der Waals surface area contributed by atoms with Crippen molar-refractivity contribution in [3.05, 3.63) is 47.3 Å². The second-order valence-electron chi connectivity index (χ2n) is 5.55. The molecule has 0 aliphatic heterocycles. The van der Waals surface area contributed by atoms with Crippen molar-refractivity contribution in [2.24, 2.45) is 0 Å². The summed E-state index contributed by atoms with van der Waals surface area (Å²) in [4.78, 5) is 9.59. The molecule has 0 saturated carbocycles. The fraction of sp³-hybridized carbons (Fsp3) is 0.333. The van der Waals surface area contributed by atoms with Crippen molar-refractivity contribution in [2.45, 2.75) is 24.5 Å². The maximum absolute atomic E-state index is 12.7. The standard InChI is InChI=1S/C15H17F3N4O2S/c1-10-7-12(21-14(20-10)22(2)3)9-19-25(23,24)13-6-4-5-11(8-13)15(16,17)18/h4-8,19H,9H2,1-3H3. The van der Waals surface area contributed by atoms with Crippen LogP contribution in [0.1, 0.15) is 17.0 Å². The predicted octanol–water partition coefficient (Wildman–Crippen LogP) is 2.35. The van der Waals surface area contributed by atoms with Gasteiger partial charge in [-0.15, -0.1) is 0 Å². The van der Waals surface area contributed by atoms with E-state index in [4.69, 9.17) is 0 Å². The molecule has 0 spiro atoms. The molecule has 1 heterocycles. The van der Waals surface area contributed by atoms with E-state index in [0.717, 1.165) is 18.2 Å². The number of alkyl halides is 3. The molecule has 10 heteroatoms. The molecule has 1 aromatic heterocycles. The first-order valence-electron chi connectivity index (χ1n) is 7.18. The average molecular weight is 374 g/mol.